The van der Waals surface area contributed by atoms with E-state index >= 15 is 0 Å². The van der Waals surface area contributed by atoms with Crippen LogP contribution in [0.25, 0.3) is 0 Å². The Labute approximate surface area is 86.6 Å². The van der Waals surface area contributed by atoms with Crippen molar-refractivity contribution in [3.63, 3.8) is 0 Å². The number of morpholine rings is 1. The van der Waals surface area contributed by atoms with Crippen LogP contribution in [-0.2, 0) is 9.47 Å². The topological polar surface area (TPSA) is 33.7 Å². The molecule has 1 aliphatic heterocycles. The van der Waals surface area contributed by atoms with E-state index in [0.717, 1.165) is 32.8 Å². The van der Waals surface area contributed by atoms with E-state index in [1.165, 1.54) is 0 Å². The molecule has 14 heavy (non-hydrogen) atoms. The van der Waals surface area contributed by atoms with Crippen molar-refractivity contribution in [3.05, 3.63) is 0 Å². The molecule has 0 amide bonds. The van der Waals surface area contributed by atoms with Crippen molar-refractivity contribution < 1.29 is 9.47 Å². The van der Waals surface area contributed by atoms with Crippen LogP contribution >= 0.6 is 0 Å². The molecule has 1 saturated heterocycles. The number of rotatable bonds is 5. The molecule has 0 bridgehead atoms. The van der Waals surface area contributed by atoms with E-state index in [0.29, 0.717) is 6.10 Å². The van der Waals surface area contributed by atoms with Gasteiger partial charge in [-0.3, -0.25) is 0 Å². The van der Waals surface area contributed by atoms with Gasteiger partial charge in [-0.05, 0) is 14.0 Å². The Morgan fingerprint density at radius 3 is 3.07 bits per heavy atom. The molecule has 0 spiro atoms. The summed E-state index contributed by atoms with van der Waals surface area (Å²) in [5.41, 5.74) is 0. The summed E-state index contributed by atoms with van der Waals surface area (Å²) in [4.78, 5) is 2.30. The van der Waals surface area contributed by atoms with Gasteiger partial charge in [0.15, 0.2) is 0 Å². The molecule has 1 rings (SSSR count). The Kier molecular flexibility index (Phi) is 5.40. The van der Waals surface area contributed by atoms with Crippen LogP contribution in [0.3, 0.4) is 0 Å². The minimum Gasteiger partial charge on any atom is -0.380 e. The predicted molar refractivity (Wildman–Crippen MR) is 56.6 cm³/mol. The zero-order valence-electron chi connectivity index (χ0n) is 9.45. The molecule has 84 valence electrons. The van der Waals surface area contributed by atoms with E-state index in [-0.39, 0.29) is 6.10 Å². The average molecular weight is 202 g/mol. The Hall–Kier alpha value is -0.160. The van der Waals surface area contributed by atoms with E-state index in [2.05, 4.69) is 24.2 Å². The maximum Gasteiger partial charge on any atom is 0.0826 e. The molecule has 1 N–H and O–H groups in total. The molecule has 1 aliphatic rings. The van der Waals surface area contributed by atoms with Gasteiger partial charge in [0.05, 0.1) is 18.8 Å². The highest BCUT2D eigenvalue weighted by Crippen LogP contribution is 2.01. The second-order valence-corrected chi connectivity index (χ2v) is 3.96. The number of methoxy groups -OCH3 is 1. The molecule has 0 aromatic heterocycles. The summed E-state index contributed by atoms with van der Waals surface area (Å²) in [6, 6.07) is 0. The van der Waals surface area contributed by atoms with Gasteiger partial charge in [0, 0.05) is 33.3 Å². The Balaban J connectivity index is 2.05. The predicted octanol–water partition coefficient (Wildman–Crippen LogP) is -0.0585. The van der Waals surface area contributed by atoms with Gasteiger partial charge in [-0.2, -0.15) is 0 Å². The van der Waals surface area contributed by atoms with Gasteiger partial charge >= 0.3 is 0 Å². The van der Waals surface area contributed by atoms with E-state index in [9.17, 15) is 0 Å². The molecule has 0 saturated carbocycles. The lowest BCUT2D eigenvalue weighted by Gasteiger charge is -2.30. The normalized spacial score (nSPS) is 26.4. The first-order chi connectivity index (χ1) is 6.72. The van der Waals surface area contributed by atoms with Crippen LogP contribution in [0.4, 0.5) is 0 Å². The molecule has 4 nitrogen and oxygen atoms in total. The first-order valence-corrected chi connectivity index (χ1v) is 5.26. The van der Waals surface area contributed by atoms with Crippen molar-refractivity contribution >= 4 is 0 Å². The van der Waals surface area contributed by atoms with E-state index in [4.69, 9.17) is 9.47 Å². The SMILES string of the molecule is COC(C)CNCC1CN(C)CCO1. The third kappa shape index (κ3) is 4.37. The van der Waals surface area contributed by atoms with Crippen LogP contribution in [0, 0.1) is 0 Å². The highest BCUT2D eigenvalue weighted by molar-refractivity contribution is 4.71. The van der Waals surface area contributed by atoms with Gasteiger partial charge in [-0.15, -0.1) is 0 Å². The van der Waals surface area contributed by atoms with Crippen molar-refractivity contribution in [2.45, 2.75) is 19.1 Å². The maximum absolute atomic E-state index is 5.62. The molecule has 2 unspecified atom stereocenters. The lowest BCUT2D eigenvalue weighted by molar-refractivity contribution is -0.0194. The largest absolute Gasteiger partial charge is 0.380 e. The van der Waals surface area contributed by atoms with Gasteiger partial charge in [-0.1, -0.05) is 0 Å². The van der Waals surface area contributed by atoms with Crippen LogP contribution in [0.2, 0.25) is 0 Å². The Morgan fingerprint density at radius 2 is 2.43 bits per heavy atom. The highest BCUT2D eigenvalue weighted by Gasteiger charge is 2.16. The van der Waals surface area contributed by atoms with Crippen molar-refractivity contribution in [2.24, 2.45) is 0 Å². The van der Waals surface area contributed by atoms with Gasteiger partial charge in [0.1, 0.15) is 0 Å². The summed E-state index contributed by atoms with van der Waals surface area (Å²) in [6.07, 6.45) is 0.606. The van der Waals surface area contributed by atoms with Crippen LogP contribution in [0.15, 0.2) is 0 Å². The van der Waals surface area contributed by atoms with Crippen molar-refractivity contribution in [2.75, 3.05) is 46.9 Å². The summed E-state index contributed by atoms with van der Waals surface area (Å²) in [5.74, 6) is 0. The molecule has 0 aliphatic carbocycles. The van der Waals surface area contributed by atoms with Crippen molar-refractivity contribution in [1.29, 1.82) is 0 Å². The third-order valence-corrected chi connectivity index (χ3v) is 2.55. The third-order valence-electron chi connectivity index (χ3n) is 2.55. The van der Waals surface area contributed by atoms with Gasteiger partial charge in [-0.25, -0.2) is 0 Å². The quantitative estimate of drug-likeness (QED) is 0.677. The minimum absolute atomic E-state index is 0.274. The molecular weight excluding hydrogens is 180 g/mol. The van der Waals surface area contributed by atoms with Crippen molar-refractivity contribution in [1.82, 2.24) is 10.2 Å². The second kappa shape index (κ2) is 6.35. The smallest absolute Gasteiger partial charge is 0.0826 e. The van der Waals surface area contributed by atoms with Gasteiger partial charge in [0.2, 0.25) is 0 Å². The number of ether oxygens (including phenoxy) is 2. The zero-order valence-corrected chi connectivity index (χ0v) is 9.45. The van der Waals surface area contributed by atoms with Crippen LogP contribution < -0.4 is 5.32 Å². The summed E-state index contributed by atoms with van der Waals surface area (Å²) in [5, 5.41) is 3.35. The lowest BCUT2D eigenvalue weighted by atomic mass is 10.2. The lowest BCUT2D eigenvalue weighted by Crippen LogP contribution is -2.45. The molecule has 0 aromatic rings. The molecular formula is C10H22N2O2. The number of nitrogens with one attached hydrogen (secondary N) is 1. The summed E-state index contributed by atoms with van der Waals surface area (Å²) in [7, 11) is 3.87. The number of nitrogens with zero attached hydrogens (tertiary/aromatic N) is 1. The summed E-state index contributed by atoms with van der Waals surface area (Å²) >= 11 is 0. The Morgan fingerprint density at radius 1 is 1.64 bits per heavy atom. The molecule has 1 heterocycles. The van der Waals surface area contributed by atoms with E-state index in [1.807, 2.05) is 0 Å². The first-order valence-electron chi connectivity index (χ1n) is 5.26. The van der Waals surface area contributed by atoms with E-state index in [1.54, 1.807) is 7.11 Å². The van der Waals surface area contributed by atoms with Crippen LogP contribution in [0.1, 0.15) is 6.92 Å². The van der Waals surface area contributed by atoms with Gasteiger partial charge in [0.25, 0.3) is 0 Å². The van der Waals surface area contributed by atoms with Crippen LogP contribution in [0.5, 0.6) is 0 Å². The summed E-state index contributed by atoms with van der Waals surface area (Å²) < 4.78 is 10.8. The van der Waals surface area contributed by atoms with Crippen LogP contribution in [-0.4, -0.2) is 64.1 Å². The zero-order chi connectivity index (χ0) is 10.4. The standard InChI is InChI=1S/C10H22N2O2/c1-9(13-3)6-11-7-10-8-12(2)4-5-14-10/h9-11H,4-8H2,1-3H3. The first kappa shape index (κ1) is 11.9. The van der Waals surface area contributed by atoms with E-state index < -0.39 is 0 Å². The number of hydrogen-bond donors (Lipinski definition) is 1. The molecule has 2 atom stereocenters. The molecule has 4 heteroatoms. The molecule has 0 radical (unpaired) electrons. The maximum atomic E-state index is 5.62. The minimum atomic E-state index is 0.274. The average Bonchev–Trinajstić information content (AvgIpc) is 2.17. The monoisotopic (exact) mass is 202 g/mol. The van der Waals surface area contributed by atoms with Gasteiger partial charge < -0.3 is 19.7 Å². The molecule has 1 fully saturated rings. The number of hydrogen-bond acceptors (Lipinski definition) is 4. The van der Waals surface area contributed by atoms with Crippen molar-refractivity contribution in [3.8, 4) is 0 Å². The Bertz CT molecular complexity index is 155. The fourth-order valence-electron chi connectivity index (χ4n) is 1.52. The number of likely N-dealkylation sites (N-methyl/N-ethyl adjacent to an activating group) is 1. The molecule has 0 aromatic carbocycles. The fourth-order valence-corrected chi connectivity index (χ4v) is 1.52. The fraction of sp³-hybridized carbons (Fsp3) is 1.00. The highest BCUT2D eigenvalue weighted by atomic mass is 16.5. The summed E-state index contributed by atoms with van der Waals surface area (Å²) in [6.45, 7) is 6.78. The second-order valence-electron chi connectivity index (χ2n) is 3.96.